The minimum Gasteiger partial charge on any atom is -0.870 e. The molecule has 1 aromatic heterocycles. The molecule has 0 aliphatic heterocycles. The summed E-state index contributed by atoms with van der Waals surface area (Å²) in [4.78, 5) is 6.09. The van der Waals surface area contributed by atoms with Crippen LogP contribution in [0.4, 0.5) is 17.2 Å². The number of benzene rings is 1. The minimum atomic E-state index is -4.18. The summed E-state index contributed by atoms with van der Waals surface area (Å²) in [5.74, 6) is 0.166. The quantitative estimate of drug-likeness (QED) is 0.187. The maximum Gasteiger partial charge on any atom is 1.00 e. The Morgan fingerprint density at radius 1 is 1.14 bits per heavy atom. The van der Waals surface area contributed by atoms with E-state index in [4.69, 9.17) is 0 Å². The first-order chi connectivity index (χ1) is 12.0. The monoisotopic (exact) mass is 423 g/mol. The van der Waals surface area contributed by atoms with E-state index < -0.39 is 10.1 Å². The van der Waals surface area contributed by atoms with Crippen molar-refractivity contribution in [2.24, 2.45) is 10.2 Å². The van der Waals surface area contributed by atoms with Crippen molar-refractivity contribution < 1.29 is 77.6 Å². The molecular formula is C17H21N4Na2O4S-. The fourth-order valence-corrected chi connectivity index (χ4v) is 2.74. The average molecular weight is 423 g/mol. The predicted octanol–water partition coefficient (Wildman–Crippen LogP) is -2.72. The fraction of sp³-hybridized carbons (Fsp3) is 0.353. The van der Waals surface area contributed by atoms with Crippen LogP contribution in [0.2, 0.25) is 0 Å². The number of anilines is 1. The van der Waals surface area contributed by atoms with Gasteiger partial charge in [0.25, 0.3) is 0 Å². The van der Waals surface area contributed by atoms with Crippen molar-refractivity contribution in [1.82, 2.24) is 4.98 Å². The molecular weight excluding hydrogens is 402 g/mol. The molecule has 8 nitrogen and oxygen atoms in total. The summed E-state index contributed by atoms with van der Waals surface area (Å²) in [6.07, 6.45) is 2.85. The Kier molecular flexibility index (Phi) is 16.5. The van der Waals surface area contributed by atoms with Crippen LogP contribution < -0.4 is 64.0 Å². The number of pyridine rings is 1. The first kappa shape index (κ1) is 29.8. The topological polar surface area (TPSA) is 128 Å². The third kappa shape index (κ3) is 11.6. The van der Waals surface area contributed by atoms with Crippen molar-refractivity contribution in [3.63, 3.8) is 0 Å². The van der Waals surface area contributed by atoms with Crippen LogP contribution in [-0.2, 0) is 10.1 Å². The van der Waals surface area contributed by atoms with Gasteiger partial charge in [0.05, 0.1) is 10.1 Å². The molecule has 1 aromatic carbocycles. The largest absolute Gasteiger partial charge is 1.00 e. The summed E-state index contributed by atoms with van der Waals surface area (Å²) >= 11 is 0. The zero-order valence-corrected chi connectivity index (χ0v) is 21.3. The number of azo groups is 1. The Balaban J connectivity index is 0. The molecule has 0 saturated heterocycles. The third-order valence-corrected chi connectivity index (χ3v) is 4.16. The zero-order chi connectivity index (χ0) is 18.1. The maximum absolute atomic E-state index is 10.7. The molecule has 0 saturated carbocycles. The van der Waals surface area contributed by atoms with Gasteiger partial charge in [0.15, 0.2) is 5.82 Å². The van der Waals surface area contributed by atoms with E-state index in [1.54, 1.807) is 30.5 Å². The van der Waals surface area contributed by atoms with Crippen molar-refractivity contribution in [3.8, 4) is 0 Å². The Morgan fingerprint density at radius 3 is 2.43 bits per heavy atom. The molecule has 0 amide bonds. The van der Waals surface area contributed by atoms with E-state index in [1.165, 1.54) is 0 Å². The van der Waals surface area contributed by atoms with Gasteiger partial charge in [0.2, 0.25) is 0 Å². The first-order valence-electron chi connectivity index (χ1n) is 8.01. The molecule has 0 unspecified atom stereocenters. The zero-order valence-electron chi connectivity index (χ0n) is 16.4. The van der Waals surface area contributed by atoms with Crippen LogP contribution in [0.25, 0.3) is 0 Å². The number of hydrogen-bond acceptors (Lipinski definition) is 8. The summed E-state index contributed by atoms with van der Waals surface area (Å²) < 4.78 is 32.2. The van der Waals surface area contributed by atoms with Gasteiger partial charge in [-0.3, -0.25) is 0 Å². The molecule has 11 heteroatoms. The molecule has 2 rings (SSSR count). The van der Waals surface area contributed by atoms with E-state index in [-0.39, 0.29) is 70.3 Å². The van der Waals surface area contributed by atoms with Crippen LogP contribution in [0, 0.1) is 6.07 Å². The van der Waals surface area contributed by atoms with Gasteiger partial charge >= 0.3 is 59.1 Å². The summed E-state index contributed by atoms with van der Waals surface area (Å²) in [7, 11) is -4.18. The molecule has 1 heterocycles. The van der Waals surface area contributed by atoms with Gasteiger partial charge in [-0.2, -0.15) is 17.2 Å². The summed E-state index contributed by atoms with van der Waals surface area (Å²) in [5, 5.41) is 8.12. The van der Waals surface area contributed by atoms with Gasteiger partial charge in [-0.15, -0.1) is 17.2 Å². The summed E-state index contributed by atoms with van der Waals surface area (Å²) in [5.41, 5.74) is 1.48. The van der Waals surface area contributed by atoms with E-state index in [1.807, 2.05) is 24.0 Å². The van der Waals surface area contributed by atoms with Gasteiger partial charge < -0.3 is 14.9 Å². The smallest absolute Gasteiger partial charge is 0.870 e. The van der Waals surface area contributed by atoms with Gasteiger partial charge in [-0.05, 0) is 30.7 Å². The molecule has 28 heavy (non-hydrogen) atoms. The molecule has 0 atom stereocenters. The SMILES string of the molecule is CCCN(CCCS(=O)(=O)[O-])c1c[c-]c(N=Nc2ccccn2)cc1.[Na+].[Na+].[OH-]. The first-order valence-corrected chi connectivity index (χ1v) is 9.58. The van der Waals surface area contributed by atoms with Crippen LogP contribution in [0.1, 0.15) is 19.8 Å². The Morgan fingerprint density at radius 2 is 1.89 bits per heavy atom. The van der Waals surface area contributed by atoms with Crippen molar-refractivity contribution in [2.75, 3.05) is 23.7 Å². The Hall–Kier alpha value is -0.360. The number of rotatable bonds is 9. The van der Waals surface area contributed by atoms with Crippen molar-refractivity contribution in [3.05, 3.63) is 48.7 Å². The normalized spacial score (nSPS) is 10.5. The van der Waals surface area contributed by atoms with Crippen molar-refractivity contribution in [1.29, 1.82) is 0 Å². The fourth-order valence-electron chi connectivity index (χ4n) is 2.26. The average Bonchev–Trinajstić information content (AvgIpc) is 2.60. The number of aromatic nitrogens is 1. The van der Waals surface area contributed by atoms with Crippen LogP contribution in [0.5, 0.6) is 0 Å². The van der Waals surface area contributed by atoms with Crippen LogP contribution in [0.15, 0.2) is 52.8 Å². The van der Waals surface area contributed by atoms with E-state index in [0.29, 0.717) is 24.5 Å². The molecule has 0 aliphatic carbocycles. The molecule has 2 aromatic rings. The van der Waals surface area contributed by atoms with E-state index in [0.717, 1.165) is 18.7 Å². The molecule has 142 valence electrons. The van der Waals surface area contributed by atoms with Gasteiger partial charge in [-0.1, -0.05) is 18.7 Å². The Bertz CT molecular complexity index is 791. The standard InChI is InChI=1S/C17H21N4O3S.2Na.H2O/c1-2-12-21(13-5-14-25(22,23)24)16-9-7-15(8-10-16)19-20-17-6-3-4-11-18-17;;;/h3-4,6-7,9-11H,2,5,12-14H2,1H3,(H,22,23,24);;;1H2/q-1;2*+1;/p-2. The molecule has 0 aliphatic rings. The summed E-state index contributed by atoms with van der Waals surface area (Å²) in [6, 6.07) is 13.9. The second-order valence-corrected chi connectivity index (χ2v) is 6.95. The number of nitrogens with zero attached hydrogens (tertiary/aromatic N) is 4. The van der Waals surface area contributed by atoms with Gasteiger partial charge in [0, 0.05) is 25.0 Å². The van der Waals surface area contributed by atoms with Gasteiger partial charge in [-0.25, -0.2) is 13.4 Å². The second kappa shape index (κ2) is 15.5. The second-order valence-electron chi connectivity index (χ2n) is 5.42. The van der Waals surface area contributed by atoms with E-state index in [2.05, 4.69) is 21.3 Å². The predicted molar refractivity (Wildman–Crippen MR) is 97.3 cm³/mol. The van der Waals surface area contributed by atoms with E-state index in [9.17, 15) is 13.0 Å². The van der Waals surface area contributed by atoms with Gasteiger partial charge in [0.1, 0.15) is 0 Å². The van der Waals surface area contributed by atoms with Crippen LogP contribution >= 0.6 is 0 Å². The third-order valence-electron chi connectivity index (χ3n) is 3.37. The molecule has 1 N–H and O–H groups in total. The van der Waals surface area contributed by atoms with E-state index >= 15 is 0 Å². The number of hydrogen-bond donors (Lipinski definition) is 0. The molecule has 0 bridgehead atoms. The molecule has 0 spiro atoms. The Labute approximate surface area is 210 Å². The maximum atomic E-state index is 10.7. The minimum absolute atomic E-state index is 0. The van der Waals surface area contributed by atoms with Crippen LogP contribution in [0.3, 0.4) is 0 Å². The summed E-state index contributed by atoms with van der Waals surface area (Å²) in [6.45, 7) is 3.30. The van der Waals surface area contributed by atoms with Crippen molar-refractivity contribution in [2.45, 2.75) is 19.8 Å². The molecule has 0 radical (unpaired) electrons. The van der Waals surface area contributed by atoms with Crippen molar-refractivity contribution >= 4 is 27.3 Å². The van der Waals surface area contributed by atoms with Crippen LogP contribution in [-0.4, -0.2) is 42.3 Å². The molecule has 0 fully saturated rings.